The molecule has 1 fully saturated rings. The Balaban J connectivity index is 1.32. The van der Waals surface area contributed by atoms with E-state index in [0.717, 1.165) is 45.0 Å². The molecule has 35 heavy (non-hydrogen) atoms. The number of nitrogen functional groups attached to an aromatic ring is 1. The molecule has 1 aliphatic heterocycles. The zero-order valence-electron chi connectivity index (χ0n) is 19.0. The van der Waals surface area contributed by atoms with Crippen molar-refractivity contribution in [1.82, 2.24) is 29.4 Å². The number of anilines is 1. The number of fused-ring (bicyclic) bond motifs is 2. The quantitative estimate of drug-likeness (QED) is 0.404. The number of para-hydroxylation sites is 1. The molecule has 1 atom stereocenters. The van der Waals surface area contributed by atoms with E-state index in [1.54, 1.807) is 24.5 Å². The molecule has 1 saturated heterocycles. The summed E-state index contributed by atoms with van der Waals surface area (Å²) in [7, 11) is 0. The van der Waals surface area contributed by atoms with E-state index in [4.69, 9.17) is 5.73 Å². The maximum Gasteiger partial charge on any atom is 0.246 e. The lowest BCUT2D eigenvalue weighted by Gasteiger charge is -2.16. The summed E-state index contributed by atoms with van der Waals surface area (Å²) in [5.74, 6) is 0.420. The first-order chi connectivity index (χ1) is 17.2. The van der Waals surface area contributed by atoms with Crippen LogP contribution in [0.4, 0.5) is 5.82 Å². The lowest BCUT2D eigenvalue weighted by molar-refractivity contribution is -0.125. The number of carbonyl (C=O) groups excluding carboxylic acids is 1. The normalized spacial score (nSPS) is 16.0. The highest BCUT2D eigenvalue weighted by Gasteiger charge is 2.29. The van der Waals surface area contributed by atoms with Gasteiger partial charge in [-0.05, 0) is 36.3 Å². The summed E-state index contributed by atoms with van der Waals surface area (Å²) in [5.41, 5.74) is 10.8. The van der Waals surface area contributed by atoms with E-state index in [0.29, 0.717) is 18.9 Å². The molecule has 0 aliphatic carbocycles. The molecule has 5 heterocycles. The van der Waals surface area contributed by atoms with Crippen molar-refractivity contribution in [3.05, 3.63) is 85.2 Å². The summed E-state index contributed by atoms with van der Waals surface area (Å²) < 4.78 is 2.13. The van der Waals surface area contributed by atoms with Gasteiger partial charge >= 0.3 is 0 Å². The Labute approximate surface area is 201 Å². The molecule has 4 aromatic heterocycles. The molecule has 2 N–H and O–H groups in total. The van der Waals surface area contributed by atoms with Crippen molar-refractivity contribution in [3.8, 4) is 11.1 Å². The van der Waals surface area contributed by atoms with E-state index < -0.39 is 0 Å². The first-order valence-electron chi connectivity index (χ1n) is 11.5. The fourth-order valence-corrected chi connectivity index (χ4v) is 4.74. The van der Waals surface area contributed by atoms with Crippen LogP contribution in [0.1, 0.15) is 18.0 Å². The number of nitrogens with two attached hydrogens (primary N) is 1. The maximum atomic E-state index is 12.8. The molecule has 172 valence electrons. The van der Waals surface area contributed by atoms with Gasteiger partial charge in [0.2, 0.25) is 5.91 Å². The van der Waals surface area contributed by atoms with Gasteiger partial charge in [0.05, 0.1) is 16.9 Å². The van der Waals surface area contributed by atoms with Crippen molar-refractivity contribution in [2.45, 2.75) is 12.5 Å². The van der Waals surface area contributed by atoms with Gasteiger partial charge in [0.15, 0.2) is 0 Å². The van der Waals surface area contributed by atoms with Crippen LogP contribution in [-0.4, -0.2) is 48.4 Å². The number of benzene rings is 1. The number of rotatable bonds is 4. The maximum absolute atomic E-state index is 12.8. The Kier molecular flexibility index (Phi) is 5.18. The van der Waals surface area contributed by atoms with Crippen molar-refractivity contribution < 1.29 is 4.79 Å². The first kappa shape index (κ1) is 21.0. The van der Waals surface area contributed by atoms with Gasteiger partial charge < -0.3 is 15.2 Å². The Hall–Kier alpha value is -4.59. The fraction of sp³-hybridized carbons (Fsp3) is 0.148. The Morgan fingerprint density at radius 2 is 2.00 bits per heavy atom. The second-order valence-electron chi connectivity index (χ2n) is 8.67. The monoisotopic (exact) mass is 461 g/mol. The second-order valence-corrected chi connectivity index (χ2v) is 8.67. The highest BCUT2D eigenvalue weighted by atomic mass is 16.2. The molecule has 0 saturated carbocycles. The predicted octanol–water partition coefficient (Wildman–Crippen LogP) is 4.11. The number of carbonyl (C=O) groups is 1. The Morgan fingerprint density at radius 1 is 1.09 bits per heavy atom. The van der Waals surface area contributed by atoms with E-state index in [1.165, 1.54) is 6.33 Å². The molecular formula is C27H23N7O. The van der Waals surface area contributed by atoms with E-state index in [1.807, 2.05) is 47.5 Å². The number of likely N-dealkylation sites (tertiary alicyclic amines) is 1. The van der Waals surface area contributed by atoms with E-state index in [9.17, 15) is 4.79 Å². The van der Waals surface area contributed by atoms with Gasteiger partial charge in [0.25, 0.3) is 0 Å². The number of hydrogen-bond donors (Lipinski definition) is 1. The highest BCUT2D eigenvalue weighted by Crippen LogP contribution is 2.36. The minimum Gasteiger partial charge on any atom is -0.383 e. The molecule has 6 rings (SSSR count). The van der Waals surface area contributed by atoms with Crippen LogP contribution in [0.5, 0.6) is 0 Å². The number of hydrogen-bond acceptors (Lipinski definition) is 6. The van der Waals surface area contributed by atoms with Gasteiger partial charge in [0.1, 0.15) is 17.8 Å². The minimum absolute atomic E-state index is 0.0130. The molecule has 5 aromatic rings. The lowest BCUT2D eigenvalue weighted by atomic mass is 10.1. The summed E-state index contributed by atoms with van der Waals surface area (Å²) in [6.07, 6.45) is 13.1. The van der Waals surface area contributed by atoms with Crippen molar-refractivity contribution in [2.75, 3.05) is 18.8 Å². The van der Waals surface area contributed by atoms with Crippen molar-refractivity contribution in [1.29, 1.82) is 0 Å². The number of nitrogens with zero attached hydrogens (tertiary/aromatic N) is 6. The van der Waals surface area contributed by atoms with Crippen molar-refractivity contribution in [3.63, 3.8) is 0 Å². The van der Waals surface area contributed by atoms with Gasteiger partial charge in [-0.3, -0.25) is 14.8 Å². The molecule has 0 unspecified atom stereocenters. The summed E-state index contributed by atoms with van der Waals surface area (Å²) in [5, 5.41) is 1.87. The highest BCUT2D eigenvalue weighted by molar-refractivity contribution is 6.02. The van der Waals surface area contributed by atoms with Gasteiger partial charge in [-0.2, -0.15) is 0 Å². The third-order valence-electron chi connectivity index (χ3n) is 6.51. The molecule has 0 radical (unpaired) electrons. The average Bonchev–Trinajstić information content (AvgIpc) is 3.54. The van der Waals surface area contributed by atoms with Gasteiger partial charge in [-0.15, -0.1) is 0 Å². The van der Waals surface area contributed by atoms with Crippen molar-refractivity contribution in [2.24, 2.45) is 0 Å². The van der Waals surface area contributed by atoms with E-state index in [2.05, 4.69) is 36.8 Å². The topological polar surface area (TPSA) is 103 Å². The largest absolute Gasteiger partial charge is 0.383 e. The number of amides is 1. The summed E-state index contributed by atoms with van der Waals surface area (Å²) >= 11 is 0. The van der Waals surface area contributed by atoms with Gasteiger partial charge in [-0.1, -0.05) is 24.3 Å². The van der Waals surface area contributed by atoms with Crippen LogP contribution < -0.4 is 5.73 Å². The van der Waals surface area contributed by atoms with Crippen molar-refractivity contribution >= 4 is 39.7 Å². The van der Waals surface area contributed by atoms with E-state index in [-0.39, 0.29) is 11.9 Å². The van der Waals surface area contributed by atoms with Gasteiger partial charge in [0, 0.05) is 60.5 Å². The van der Waals surface area contributed by atoms with Crippen LogP contribution in [-0.2, 0) is 4.79 Å². The summed E-state index contributed by atoms with van der Waals surface area (Å²) in [6.45, 7) is 1.27. The zero-order valence-corrected chi connectivity index (χ0v) is 19.0. The summed E-state index contributed by atoms with van der Waals surface area (Å²) in [6, 6.07) is 14.0. The third kappa shape index (κ3) is 3.89. The van der Waals surface area contributed by atoms with Crippen LogP contribution >= 0.6 is 0 Å². The van der Waals surface area contributed by atoms with Crippen LogP contribution in [0.25, 0.3) is 39.1 Å². The minimum atomic E-state index is -0.0130. The van der Waals surface area contributed by atoms with Crippen LogP contribution in [0, 0.1) is 0 Å². The van der Waals surface area contributed by atoms with E-state index >= 15 is 0 Å². The second kappa shape index (κ2) is 8.64. The molecule has 8 nitrogen and oxygen atoms in total. The molecule has 8 heteroatoms. The molecule has 0 spiro atoms. The molecule has 1 amide bonds. The Bertz CT molecular complexity index is 1580. The SMILES string of the molecule is Nc1ncnc2c1c(-c1cnc3ccccc3c1)cn2[C@@H]1CCN(C(=O)C=Cc2cccnc2)C1. The molecular weight excluding hydrogens is 438 g/mol. The zero-order chi connectivity index (χ0) is 23.8. The Morgan fingerprint density at radius 3 is 2.89 bits per heavy atom. The average molecular weight is 462 g/mol. The fourth-order valence-electron chi connectivity index (χ4n) is 4.74. The molecule has 1 aromatic carbocycles. The first-order valence-corrected chi connectivity index (χ1v) is 11.5. The third-order valence-corrected chi connectivity index (χ3v) is 6.51. The van der Waals surface area contributed by atoms with Gasteiger partial charge in [-0.25, -0.2) is 9.97 Å². The molecule has 1 aliphatic rings. The van der Waals surface area contributed by atoms with Crippen LogP contribution in [0.3, 0.4) is 0 Å². The number of pyridine rings is 2. The standard InChI is InChI=1S/C27H23N7O/c28-26-25-22(20-12-19-5-1-2-6-23(19)30-14-20)16-34(27(25)32-17-31-26)21-9-11-33(15-21)24(35)8-7-18-4-3-10-29-13-18/h1-8,10,12-14,16-17,21H,9,11,15H2,(H2,28,31,32)/t21-/m1/s1. The summed E-state index contributed by atoms with van der Waals surface area (Å²) in [4.78, 5) is 32.2. The smallest absolute Gasteiger partial charge is 0.246 e. The van der Waals surface area contributed by atoms with Crippen LogP contribution in [0.15, 0.2) is 79.7 Å². The van der Waals surface area contributed by atoms with Crippen LogP contribution in [0.2, 0.25) is 0 Å². The molecule has 0 bridgehead atoms. The lowest BCUT2D eigenvalue weighted by Crippen LogP contribution is -2.27. The number of aromatic nitrogens is 5. The predicted molar refractivity (Wildman–Crippen MR) is 136 cm³/mol.